The van der Waals surface area contributed by atoms with Crippen LogP contribution in [0.3, 0.4) is 0 Å². The number of aryl methyl sites for hydroxylation is 2. The van der Waals surface area contributed by atoms with Crippen LogP contribution in [0.4, 0.5) is 0 Å². The summed E-state index contributed by atoms with van der Waals surface area (Å²) in [7, 11) is 0. The van der Waals surface area contributed by atoms with Crippen molar-refractivity contribution >= 4 is 67.9 Å². The van der Waals surface area contributed by atoms with Gasteiger partial charge in [0.05, 0.1) is 44.8 Å². The van der Waals surface area contributed by atoms with Gasteiger partial charge in [-0.3, -0.25) is 0 Å². The molecule has 0 spiro atoms. The molecule has 0 aliphatic rings. The first-order chi connectivity index (χ1) is 25.6. The quantitative estimate of drug-likeness (QED) is 0.166. The lowest BCUT2D eigenvalue weighted by molar-refractivity contribution is 1.30. The number of hydrogen-bond acceptors (Lipinski definition) is 4. The third kappa shape index (κ3) is 6.01. The number of aromatic nitrogens is 4. The Morgan fingerprint density at radius 2 is 0.692 bits per heavy atom. The molecule has 0 saturated heterocycles. The van der Waals surface area contributed by atoms with Crippen LogP contribution in [0, 0.1) is 13.8 Å². The molecule has 0 N–H and O–H groups in total. The first-order valence-corrected chi connectivity index (χ1v) is 17.6. The fourth-order valence-electron chi connectivity index (χ4n) is 6.91. The molecule has 246 valence electrons. The van der Waals surface area contributed by atoms with Crippen molar-refractivity contribution < 1.29 is 0 Å². The molecule has 5 aromatic carbocycles. The van der Waals surface area contributed by atoms with Crippen molar-refractivity contribution in [1.82, 2.24) is 19.9 Å². The van der Waals surface area contributed by atoms with Crippen LogP contribution in [-0.2, 0) is 0 Å². The monoisotopic (exact) mass is 666 g/mol. The first-order valence-electron chi connectivity index (χ1n) is 17.6. The topological polar surface area (TPSA) is 51.6 Å². The number of pyridine rings is 4. The largest absolute Gasteiger partial charge is 0.246 e. The van der Waals surface area contributed by atoms with Gasteiger partial charge in [-0.15, -0.1) is 0 Å². The summed E-state index contributed by atoms with van der Waals surface area (Å²) >= 11 is 0. The summed E-state index contributed by atoms with van der Waals surface area (Å²) in [5.41, 5.74) is 14.0. The Morgan fingerprint density at radius 1 is 0.346 bits per heavy atom. The van der Waals surface area contributed by atoms with Gasteiger partial charge in [-0.1, -0.05) is 121 Å². The summed E-state index contributed by atoms with van der Waals surface area (Å²) in [4.78, 5) is 20.6. The molecule has 0 bridgehead atoms. The Morgan fingerprint density at radius 3 is 1.10 bits per heavy atom. The van der Waals surface area contributed by atoms with E-state index >= 15 is 0 Å². The van der Waals surface area contributed by atoms with Crippen LogP contribution in [0.1, 0.15) is 33.6 Å². The second-order valence-electron chi connectivity index (χ2n) is 13.3. The van der Waals surface area contributed by atoms with Crippen molar-refractivity contribution in [2.45, 2.75) is 13.8 Å². The Bertz CT molecular complexity index is 2660. The van der Waals surface area contributed by atoms with Crippen molar-refractivity contribution in [2.24, 2.45) is 0 Å². The molecule has 0 atom stereocenters. The van der Waals surface area contributed by atoms with E-state index in [0.717, 1.165) is 99.8 Å². The lowest BCUT2D eigenvalue weighted by atomic mass is 9.95. The van der Waals surface area contributed by atoms with Crippen molar-refractivity contribution in [3.05, 3.63) is 179 Å². The molecule has 0 amide bonds. The Hall–Kier alpha value is -6.78. The number of rotatable bonds is 6. The number of benzene rings is 5. The van der Waals surface area contributed by atoms with Gasteiger partial charge < -0.3 is 0 Å². The number of nitrogens with zero attached hydrogens (tertiary/aromatic N) is 4. The first kappa shape index (κ1) is 31.2. The van der Waals surface area contributed by atoms with Crippen molar-refractivity contribution in [1.29, 1.82) is 0 Å². The van der Waals surface area contributed by atoms with Gasteiger partial charge in [0.25, 0.3) is 0 Å². The van der Waals surface area contributed by atoms with Gasteiger partial charge in [0, 0.05) is 32.7 Å². The highest BCUT2D eigenvalue weighted by Gasteiger charge is 2.14. The maximum Gasteiger partial charge on any atom is 0.0972 e. The highest BCUT2D eigenvalue weighted by molar-refractivity contribution is 6.05. The summed E-state index contributed by atoms with van der Waals surface area (Å²) in [5, 5.41) is 4.28. The van der Waals surface area contributed by atoms with Crippen LogP contribution < -0.4 is 0 Å². The van der Waals surface area contributed by atoms with Crippen LogP contribution >= 0.6 is 0 Å². The van der Waals surface area contributed by atoms with E-state index in [4.69, 9.17) is 19.9 Å². The fourth-order valence-corrected chi connectivity index (χ4v) is 6.91. The minimum Gasteiger partial charge on any atom is -0.246 e. The zero-order valence-electron chi connectivity index (χ0n) is 29.0. The van der Waals surface area contributed by atoms with E-state index in [1.54, 1.807) is 0 Å². The van der Waals surface area contributed by atoms with Gasteiger partial charge in [0.2, 0.25) is 0 Å². The molecule has 9 aromatic rings. The predicted octanol–water partition coefficient (Wildman–Crippen LogP) is 12.2. The summed E-state index contributed by atoms with van der Waals surface area (Å²) in [6.45, 7) is 4.31. The van der Waals surface area contributed by atoms with Gasteiger partial charge >= 0.3 is 0 Å². The Labute approximate surface area is 302 Å². The van der Waals surface area contributed by atoms with Gasteiger partial charge in [-0.05, 0) is 84.7 Å². The van der Waals surface area contributed by atoms with E-state index in [1.807, 2.05) is 36.4 Å². The van der Waals surface area contributed by atoms with E-state index in [2.05, 4.69) is 147 Å². The summed E-state index contributed by atoms with van der Waals surface area (Å²) < 4.78 is 0. The van der Waals surface area contributed by atoms with Gasteiger partial charge in [0.15, 0.2) is 0 Å². The third-order valence-electron chi connectivity index (χ3n) is 9.70. The Kier molecular flexibility index (Phi) is 7.90. The standard InChI is InChI=1S/C48H34N4/c1-31-29-42(44-28-22-38-18-16-36-20-26-40(50-46(36)48(38)52-44)24-14-34-11-7-4-8-12-34)32(2)30-41(31)43-27-21-37-17-15-35-19-25-39(49-45(35)47(37)51-43)23-13-33-9-5-3-6-10-33/h3-30H,1-2H3/b23-13+,24-14+. The van der Waals surface area contributed by atoms with E-state index in [9.17, 15) is 0 Å². The zero-order chi connectivity index (χ0) is 35.0. The van der Waals surface area contributed by atoms with Crippen LogP contribution in [0.5, 0.6) is 0 Å². The second kappa shape index (κ2) is 13.2. The van der Waals surface area contributed by atoms with Gasteiger partial charge in [-0.2, -0.15) is 0 Å². The maximum absolute atomic E-state index is 5.24. The molecule has 0 radical (unpaired) electrons. The molecular formula is C48H34N4. The minimum atomic E-state index is 0.901. The average Bonchev–Trinajstić information content (AvgIpc) is 3.20. The molecule has 52 heavy (non-hydrogen) atoms. The highest BCUT2D eigenvalue weighted by atomic mass is 14.8. The minimum absolute atomic E-state index is 0.901. The van der Waals surface area contributed by atoms with E-state index < -0.39 is 0 Å². The number of hydrogen-bond donors (Lipinski definition) is 0. The zero-order valence-corrected chi connectivity index (χ0v) is 29.0. The molecule has 4 nitrogen and oxygen atoms in total. The van der Waals surface area contributed by atoms with Gasteiger partial charge in [-0.25, -0.2) is 19.9 Å². The van der Waals surface area contributed by atoms with Gasteiger partial charge in [0.1, 0.15) is 0 Å². The molecule has 9 rings (SSSR count). The Balaban J connectivity index is 1.08. The van der Waals surface area contributed by atoms with Crippen LogP contribution in [0.15, 0.2) is 146 Å². The molecule has 0 aliphatic heterocycles. The van der Waals surface area contributed by atoms with Crippen molar-refractivity contribution in [3.8, 4) is 22.5 Å². The van der Waals surface area contributed by atoms with Crippen LogP contribution in [0.2, 0.25) is 0 Å². The van der Waals surface area contributed by atoms with E-state index in [0.29, 0.717) is 0 Å². The molecule has 4 heteroatoms. The van der Waals surface area contributed by atoms with Crippen LogP contribution in [-0.4, -0.2) is 19.9 Å². The SMILES string of the molecule is Cc1cc(-c2ccc3ccc4ccc(/C=C/c5ccccc5)nc4c3n2)c(C)cc1-c1ccc2ccc3ccc(/C=C/c4ccccc4)nc3c2n1. The normalized spacial score (nSPS) is 11.9. The predicted molar refractivity (Wildman–Crippen MR) is 219 cm³/mol. The van der Waals surface area contributed by atoms with E-state index in [1.165, 1.54) is 0 Å². The smallest absolute Gasteiger partial charge is 0.0972 e. The summed E-state index contributed by atoms with van der Waals surface area (Å²) in [6, 6.07) is 50.5. The lowest BCUT2D eigenvalue weighted by Crippen LogP contribution is -1.95. The highest BCUT2D eigenvalue weighted by Crippen LogP contribution is 2.34. The summed E-state index contributed by atoms with van der Waals surface area (Å²) in [6.07, 6.45) is 8.31. The molecule has 0 fully saturated rings. The van der Waals surface area contributed by atoms with Crippen molar-refractivity contribution in [2.75, 3.05) is 0 Å². The van der Waals surface area contributed by atoms with E-state index in [-0.39, 0.29) is 0 Å². The molecule has 0 saturated carbocycles. The fraction of sp³-hybridized carbons (Fsp3) is 0.0417. The maximum atomic E-state index is 5.24. The molecule has 4 aromatic heterocycles. The third-order valence-corrected chi connectivity index (χ3v) is 9.70. The molecule has 4 heterocycles. The summed E-state index contributed by atoms with van der Waals surface area (Å²) in [5.74, 6) is 0. The number of fused-ring (bicyclic) bond motifs is 6. The van der Waals surface area contributed by atoms with Crippen LogP contribution in [0.25, 0.3) is 90.4 Å². The molecule has 0 aliphatic carbocycles. The van der Waals surface area contributed by atoms with Crippen molar-refractivity contribution in [3.63, 3.8) is 0 Å². The molecule has 0 unspecified atom stereocenters. The second-order valence-corrected chi connectivity index (χ2v) is 13.3. The average molecular weight is 667 g/mol. The molecular weight excluding hydrogens is 633 g/mol. The lowest BCUT2D eigenvalue weighted by Gasteiger charge is -2.14.